The van der Waals surface area contributed by atoms with Gasteiger partial charge in [0.15, 0.2) is 0 Å². The molecule has 0 aromatic rings. The molecule has 2 aliphatic rings. The molecule has 18 heavy (non-hydrogen) atoms. The number of carbonyl (C=O) groups is 1. The van der Waals surface area contributed by atoms with E-state index < -0.39 is 5.54 Å². The van der Waals surface area contributed by atoms with Gasteiger partial charge in [0.2, 0.25) is 0 Å². The van der Waals surface area contributed by atoms with E-state index in [4.69, 9.17) is 15.9 Å². The maximum atomic E-state index is 11.9. The van der Waals surface area contributed by atoms with E-state index in [2.05, 4.69) is 10.6 Å². The van der Waals surface area contributed by atoms with Gasteiger partial charge in [-0.2, -0.15) is 0 Å². The largest absolute Gasteiger partial charge is 0.386 e. The predicted molar refractivity (Wildman–Crippen MR) is 68.6 cm³/mol. The third-order valence-corrected chi connectivity index (χ3v) is 3.84. The minimum absolute atomic E-state index is 0.0695. The highest BCUT2D eigenvalue weighted by Crippen LogP contribution is 2.28. The van der Waals surface area contributed by atoms with E-state index in [1.54, 1.807) is 0 Å². The summed E-state index contributed by atoms with van der Waals surface area (Å²) in [6.07, 6.45) is 5.53. The Morgan fingerprint density at radius 2 is 2.06 bits per heavy atom. The second-order valence-corrected chi connectivity index (χ2v) is 5.22. The molecule has 0 aromatic heterocycles. The topological polar surface area (TPSA) is 100 Å². The summed E-state index contributed by atoms with van der Waals surface area (Å²) >= 11 is 0. The molecule has 1 unspecified atom stereocenters. The van der Waals surface area contributed by atoms with Gasteiger partial charge in [-0.25, -0.2) is 4.79 Å². The zero-order chi connectivity index (χ0) is 13.0. The van der Waals surface area contributed by atoms with Gasteiger partial charge in [-0.05, 0) is 19.3 Å². The number of ether oxygens (including phenoxy) is 1. The van der Waals surface area contributed by atoms with Crippen molar-refractivity contribution in [3.8, 4) is 0 Å². The molecule has 5 N–H and O–H groups in total. The number of carbonyl (C=O) groups excluding carboxylic acids is 1. The summed E-state index contributed by atoms with van der Waals surface area (Å²) in [6.45, 7) is 1.27. The fourth-order valence-corrected chi connectivity index (χ4v) is 2.70. The first-order valence-corrected chi connectivity index (χ1v) is 6.63. The van der Waals surface area contributed by atoms with E-state index >= 15 is 0 Å². The molecule has 1 aliphatic carbocycles. The first-order valence-electron chi connectivity index (χ1n) is 6.63. The molecule has 2 amide bonds. The Labute approximate surface area is 107 Å². The van der Waals surface area contributed by atoms with Crippen molar-refractivity contribution in [2.45, 2.75) is 50.1 Å². The summed E-state index contributed by atoms with van der Waals surface area (Å²) in [4.78, 5) is 11.9. The average Bonchev–Trinajstić information content (AvgIpc) is 2.82. The Bertz CT molecular complexity index is 320. The summed E-state index contributed by atoms with van der Waals surface area (Å²) in [5, 5.41) is 13.5. The van der Waals surface area contributed by atoms with Gasteiger partial charge in [0, 0.05) is 6.61 Å². The molecular formula is C12H22N4O2. The van der Waals surface area contributed by atoms with Gasteiger partial charge in [-0.3, -0.25) is 5.41 Å². The van der Waals surface area contributed by atoms with E-state index in [1.165, 1.54) is 0 Å². The Morgan fingerprint density at radius 3 is 2.61 bits per heavy atom. The number of rotatable bonds is 3. The quantitative estimate of drug-likeness (QED) is 0.441. The van der Waals surface area contributed by atoms with E-state index in [9.17, 15) is 4.79 Å². The van der Waals surface area contributed by atoms with Gasteiger partial charge in [-0.1, -0.05) is 19.3 Å². The molecule has 0 bridgehead atoms. The molecule has 0 spiro atoms. The van der Waals surface area contributed by atoms with Crippen LogP contribution in [0.15, 0.2) is 0 Å². The van der Waals surface area contributed by atoms with Crippen molar-refractivity contribution in [3.63, 3.8) is 0 Å². The molecular weight excluding hydrogens is 232 g/mol. The molecule has 102 valence electrons. The van der Waals surface area contributed by atoms with Crippen molar-refractivity contribution >= 4 is 11.9 Å². The SMILES string of the molecule is N=C(N)C1(NC(=O)NC2CCOC2)CCCCC1. The molecule has 2 fully saturated rings. The monoisotopic (exact) mass is 254 g/mol. The van der Waals surface area contributed by atoms with Crippen molar-refractivity contribution < 1.29 is 9.53 Å². The molecule has 0 radical (unpaired) electrons. The van der Waals surface area contributed by atoms with Crippen molar-refractivity contribution in [2.24, 2.45) is 5.73 Å². The van der Waals surface area contributed by atoms with Crippen LogP contribution in [-0.4, -0.2) is 36.7 Å². The maximum Gasteiger partial charge on any atom is 0.315 e. The van der Waals surface area contributed by atoms with Crippen molar-refractivity contribution in [3.05, 3.63) is 0 Å². The highest BCUT2D eigenvalue weighted by Gasteiger charge is 2.37. The summed E-state index contributed by atoms with van der Waals surface area (Å²) in [5.74, 6) is 0.0695. The Balaban J connectivity index is 1.91. The molecule has 6 nitrogen and oxygen atoms in total. The lowest BCUT2D eigenvalue weighted by molar-refractivity contribution is 0.186. The number of amides is 2. The number of hydrogen-bond donors (Lipinski definition) is 4. The first kappa shape index (κ1) is 13.1. The number of amidine groups is 1. The van der Waals surface area contributed by atoms with E-state index in [0.29, 0.717) is 13.2 Å². The number of urea groups is 1. The lowest BCUT2D eigenvalue weighted by Gasteiger charge is -2.37. The third-order valence-electron chi connectivity index (χ3n) is 3.84. The lowest BCUT2D eigenvalue weighted by Crippen LogP contribution is -2.61. The standard InChI is InChI=1S/C12H22N4O2/c13-10(14)12(5-2-1-3-6-12)16-11(17)15-9-4-7-18-8-9/h9H,1-8H2,(H3,13,14)(H2,15,16,17). The summed E-state index contributed by atoms with van der Waals surface area (Å²) in [7, 11) is 0. The van der Waals surface area contributed by atoms with Crippen LogP contribution in [0, 0.1) is 5.41 Å². The molecule has 1 saturated heterocycles. The van der Waals surface area contributed by atoms with Crippen LogP contribution in [0.2, 0.25) is 0 Å². The van der Waals surface area contributed by atoms with Crippen LogP contribution in [0.25, 0.3) is 0 Å². The van der Waals surface area contributed by atoms with Gasteiger partial charge < -0.3 is 21.1 Å². The van der Waals surface area contributed by atoms with Crippen LogP contribution >= 0.6 is 0 Å². The van der Waals surface area contributed by atoms with Gasteiger partial charge >= 0.3 is 6.03 Å². The van der Waals surface area contributed by atoms with Gasteiger partial charge in [0.05, 0.1) is 18.2 Å². The number of nitrogens with one attached hydrogen (secondary N) is 3. The minimum Gasteiger partial charge on any atom is -0.386 e. The van der Waals surface area contributed by atoms with E-state index in [1.807, 2.05) is 0 Å². The zero-order valence-corrected chi connectivity index (χ0v) is 10.6. The van der Waals surface area contributed by atoms with E-state index in [-0.39, 0.29) is 17.9 Å². The minimum atomic E-state index is -0.637. The highest BCUT2D eigenvalue weighted by atomic mass is 16.5. The second kappa shape index (κ2) is 5.56. The Kier molecular flexibility index (Phi) is 4.06. The van der Waals surface area contributed by atoms with Crippen LogP contribution in [0.1, 0.15) is 38.5 Å². The Morgan fingerprint density at radius 1 is 1.33 bits per heavy atom. The molecule has 2 rings (SSSR count). The summed E-state index contributed by atoms with van der Waals surface area (Å²) in [6, 6.07) is -0.153. The zero-order valence-electron chi connectivity index (χ0n) is 10.6. The van der Waals surface area contributed by atoms with Crippen LogP contribution in [0.4, 0.5) is 4.79 Å². The molecule has 1 aliphatic heterocycles. The number of hydrogen-bond acceptors (Lipinski definition) is 3. The van der Waals surface area contributed by atoms with Gasteiger partial charge in [0.1, 0.15) is 5.84 Å². The summed E-state index contributed by atoms with van der Waals surface area (Å²) < 4.78 is 5.21. The fraction of sp³-hybridized carbons (Fsp3) is 0.833. The van der Waals surface area contributed by atoms with Crippen molar-refractivity contribution in [2.75, 3.05) is 13.2 Å². The maximum absolute atomic E-state index is 11.9. The van der Waals surface area contributed by atoms with Crippen LogP contribution in [0.3, 0.4) is 0 Å². The van der Waals surface area contributed by atoms with Crippen LogP contribution in [0.5, 0.6) is 0 Å². The summed E-state index contributed by atoms with van der Waals surface area (Å²) in [5.41, 5.74) is 5.04. The lowest BCUT2D eigenvalue weighted by atomic mass is 9.81. The van der Waals surface area contributed by atoms with Crippen molar-refractivity contribution in [1.82, 2.24) is 10.6 Å². The Hall–Kier alpha value is -1.30. The van der Waals surface area contributed by atoms with Gasteiger partial charge in [-0.15, -0.1) is 0 Å². The molecule has 0 aromatic carbocycles. The molecule has 1 atom stereocenters. The fourth-order valence-electron chi connectivity index (χ4n) is 2.70. The van der Waals surface area contributed by atoms with Gasteiger partial charge in [0.25, 0.3) is 0 Å². The second-order valence-electron chi connectivity index (χ2n) is 5.22. The normalized spacial score (nSPS) is 26.6. The number of nitrogens with two attached hydrogens (primary N) is 1. The smallest absolute Gasteiger partial charge is 0.315 e. The van der Waals surface area contributed by atoms with Crippen LogP contribution < -0.4 is 16.4 Å². The highest BCUT2D eigenvalue weighted by molar-refractivity contribution is 5.91. The average molecular weight is 254 g/mol. The molecule has 1 heterocycles. The first-order chi connectivity index (χ1) is 8.62. The van der Waals surface area contributed by atoms with Crippen molar-refractivity contribution in [1.29, 1.82) is 5.41 Å². The molecule has 1 saturated carbocycles. The van der Waals surface area contributed by atoms with E-state index in [0.717, 1.165) is 38.5 Å². The van der Waals surface area contributed by atoms with Crippen LogP contribution in [-0.2, 0) is 4.74 Å². The third kappa shape index (κ3) is 2.93. The molecule has 6 heteroatoms. The predicted octanol–water partition coefficient (Wildman–Crippen LogP) is 0.713.